The number of rotatable bonds is 3. The molecule has 1 aliphatic heterocycles. The lowest BCUT2D eigenvalue weighted by Gasteiger charge is -2.47. The van der Waals surface area contributed by atoms with E-state index in [4.69, 9.17) is 5.73 Å². The second-order valence-electron chi connectivity index (χ2n) is 6.30. The third-order valence-electron chi connectivity index (χ3n) is 5.22. The highest BCUT2D eigenvalue weighted by atomic mass is 32.1. The van der Waals surface area contributed by atoms with Crippen LogP contribution >= 0.6 is 11.3 Å². The van der Waals surface area contributed by atoms with Gasteiger partial charge in [0.25, 0.3) is 0 Å². The van der Waals surface area contributed by atoms with Gasteiger partial charge in [0, 0.05) is 10.4 Å². The van der Waals surface area contributed by atoms with Crippen molar-refractivity contribution < 1.29 is 0 Å². The van der Waals surface area contributed by atoms with Crippen molar-refractivity contribution in [3.8, 4) is 0 Å². The van der Waals surface area contributed by atoms with Crippen LogP contribution in [0.25, 0.3) is 0 Å². The topological polar surface area (TPSA) is 29.3 Å². The lowest BCUT2D eigenvalue weighted by molar-refractivity contribution is 0.0486. The first-order valence-corrected chi connectivity index (χ1v) is 8.67. The number of nitrogens with two attached hydrogens (primary N) is 1. The minimum atomic E-state index is 0.216. The van der Waals surface area contributed by atoms with Gasteiger partial charge in [-0.2, -0.15) is 0 Å². The van der Waals surface area contributed by atoms with Crippen molar-refractivity contribution in [2.75, 3.05) is 13.1 Å². The van der Waals surface area contributed by atoms with Gasteiger partial charge in [-0.15, -0.1) is 11.3 Å². The summed E-state index contributed by atoms with van der Waals surface area (Å²) in [5.41, 5.74) is 8.43. The van der Waals surface area contributed by atoms with Crippen LogP contribution in [0.3, 0.4) is 0 Å². The van der Waals surface area contributed by atoms with E-state index in [2.05, 4.69) is 23.3 Å². The van der Waals surface area contributed by atoms with Gasteiger partial charge in [0.1, 0.15) is 0 Å². The SMILES string of the molecule is Cc1ccsc1C(N)C1(N2CCCCC2)CCCC1. The summed E-state index contributed by atoms with van der Waals surface area (Å²) < 4.78 is 0. The number of nitrogens with zero attached hydrogens (tertiary/aromatic N) is 1. The third kappa shape index (κ3) is 2.37. The molecule has 2 aliphatic rings. The first-order valence-electron chi connectivity index (χ1n) is 7.79. The molecule has 1 saturated carbocycles. The largest absolute Gasteiger partial charge is 0.322 e. The van der Waals surface area contributed by atoms with Gasteiger partial charge in [0.15, 0.2) is 0 Å². The van der Waals surface area contributed by atoms with Crippen molar-refractivity contribution in [1.82, 2.24) is 4.90 Å². The smallest absolute Gasteiger partial charge is 0.0579 e. The normalized spacial score (nSPS) is 25.6. The Morgan fingerprint density at radius 2 is 1.84 bits per heavy atom. The maximum atomic E-state index is 6.78. The Kier molecular flexibility index (Phi) is 3.97. The number of hydrogen-bond donors (Lipinski definition) is 1. The first-order chi connectivity index (χ1) is 9.24. The Bertz CT molecular complexity index is 414. The van der Waals surface area contributed by atoms with Crippen molar-refractivity contribution in [3.05, 3.63) is 21.9 Å². The summed E-state index contributed by atoms with van der Waals surface area (Å²) in [7, 11) is 0. The highest BCUT2D eigenvalue weighted by molar-refractivity contribution is 7.10. The van der Waals surface area contributed by atoms with E-state index in [0.29, 0.717) is 0 Å². The fourth-order valence-corrected chi connectivity index (χ4v) is 5.14. The summed E-state index contributed by atoms with van der Waals surface area (Å²) in [5.74, 6) is 0. The second-order valence-corrected chi connectivity index (χ2v) is 7.25. The Morgan fingerprint density at radius 1 is 1.16 bits per heavy atom. The van der Waals surface area contributed by atoms with Gasteiger partial charge in [-0.3, -0.25) is 4.90 Å². The Morgan fingerprint density at radius 3 is 2.42 bits per heavy atom. The van der Waals surface area contributed by atoms with Crippen LogP contribution in [0.15, 0.2) is 11.4 Å². The highest BCUT2D eigenvalue weighted by Gasteiger charge is 2.45. The van der Waals surface area contributed by atoms with Gasteiger partial charge in [-0.05, 0) is 62.7 Å². The van der Waals surface area contributed by atoms with Crippen LogP contribution in [0.4, 0.5) is 0 Å². The molecule has 1 aromatic rings. The molecule has 1 aliphatic carbocycles. The van der Waals surface area contributed by atoms with Gasteiger partial charge in [0.05, 0.1) is 6.04 Å². The van der Waals surface area contributed by atoms with Gasteiger partial charge >= 0.3 is 0 Å². The second kappa shape index (κ2) is 5.55. The van der Waals surface area contributed by atoms with E-state index in [1.54, 1.807) is 0 Å². The van der Waals surface area contributed by atoms with Gasteiger partial charge in [-0.1, -0.05) is 19.3 Å². The van der Waals surface area contributed by atoms with E-state index in [1.807, 2.05) is 11.3 Å². The van der Waals surface area contributed by atoms with Crippen LogP contribution in [0.1, 0.15) is 61.4 Å². The number of piperidine rings is 1. The predicted octanol–water partition coefficient (Wildman–Crippen LogP) is 3.86. The van der Waals surface area contributed by atoms with Crippen LogP contribution < -0.4 is 5.73 Å². The molecule has 0 amide bonds. The lowest BCUT2D eigenvalue weighted by Crippen LogP contribution is -2.55. The Labute approximate surface area is 121 Å². The van der Waals surface area contributed by atoms with Crippen LogP contribution in [0, 0.1) is 6.92 Å². The van der Waals surface area contributed by atoms with Crippen molar-refractivity contribution in [1.29, 1.82) is 0 Å². The average molecular weight is 278 g/mol. The van der Waals surface area contributed by atoms with Crippen molar-refractivity contribution >= 4 is 11.3 Å². The number of thiophene rings is 1. The number of likely N-dealkylation sites (tertiary alicyclic amines) is 1. The molecule has 19 heavy (non-hydrogen) atoms. The van der Waals surface area contributed by atoms with E-state index in [-0.39, 0.29) is 11.6 Å². The standard InChI is InChI=1S/C16H26N2S/c1-13-7-12-19-14(13)15(17)16(8-3-4-9-16)18-10-5-2-6-11-18/h7,12,15H,2-6,8-11,17H2,1H3. The quantitative estimate of drug-likeness (QED) is 0.910. The van der Waals surface area contributed by atoms with Gasteiger partial charge in [0.2, 0.25) is 0 Å². The Balaban J connectivity index is 1.89. The molecule has 0 aromatic carbocycles. The fourth-order valence-electron chi connectivity index (χ4n) is 4.10. The maximum Gasteiger partial charge on any atom is 0.0579 e. The van der Waals surface area contributed by atoms with E-state index in [1.165, 1.54) is 68.5 Å². The van der Waals surface area contributed by atoms with E-state index < -0.39 is 0 Å². The summed E-state index contributed by atoms with van der Waals surface area (Å²) in [6.45, 7) is 4.74. The molecule has 106 valence electrons. The molecule has 0 radical (unpaired) electrons. The van der Waals surface area contributed by atoms with Crippen LogP contribution in [-0.4, -0.2) is 23.5 Å². The van der Waals surface area contributed by atoms with Crippen LogP contribution in [-0.2, 0) is 0 Å². The van der Waals surface area contributed by atoms with Crippen LogP contribution in [0.2, 0.25) is 0 Å². The minimum absolute atomic E-state index is 0.216. The zero-order valence-electron chi connectivity index (χ0n) is 12.0. The summed E-state index contributed by atoms with van der Waals surface area (Å²) in [4.78, 5) is 4.17. The molecule has 0 spiro atoms. The first kappa shape index (κ1) is 13.6. The molecule has 2 nitrogen and oxygen atoms in total. The maximum absolute atomic E-state index is 6.78. The predicted molar refractivity (Wildman–Crippen MR) is 82.6 cm³/mol. The zero-order chi connectivity index (χ0) is 13.3. The number of hydrogen-bond acceptors (Lipinski definition) is 3. The molecular formula is C16H26N2S. The molecule has 2 heterocycles. The summed E-state index contributed by atoms with van der Waals surface area (Å²) in [6, 6.07) is 2.44. The van der Waals surface area contributed by atoms with E-state index >= 15 is 0 Å². The summed E-state index contributed by atoms with van der Waals surface area (Å²) in [6.07, 6.45) is 9.43. The molecule has 1 unspecified atom stereocenters. The monoisotopic (exact) mass is 278 g/mol. The summed E-state index contributed by atoms with van der Waals surface area (Å²) >= 11 is 1.86. The minimum Gasteiger partial charge on any atom is -0.322 e. The van der Waals surface area contributed by atoms with E-state index in [0.717, 1.165) is 0 Å². The molecule has 1 aromatic heterocycles. The highest BCUT2D eigenvalue weighted by Crippen LogP contribution is 2.46. The molecule has 2 N–H and O–H groups in total. The lowest BCUT2D eigenvalue weighted by atomic mass is 9.83. The average Bonchev–Trinajstić information content (AvgIpc) is 3.08. The molecule has 1 atom stereocenters. The van der Waals surface area contributed by atoms with Gasteiger partial charge < -0.3 is 5.73 Å². The van der Waals surface area contributed by atoms with Crippen molar-refractivity contribution in [2.45, 2.75) is 63.5 Å². The fraction of sp³-hybridized carbons (Fsp3) is 0.750. The molecular weight excluding hydrogens is 252 g/mol. The van der Waals surface area contributed by atoms with Crippen LogP contribution in [0.5, 0.6) is 0 Å². The van der Waals surface area contributed by atoms with E-state index in [9.17, 15) is 0 Å². The van der Waals surface area contributed by atoms with Gasteiger partial charge in [-0.25, -0.2) is 0 Å². The molecule has 0 bridgehead atoms. The molecule has 3 rings (SSSR count). The third-order valence-corrected chi connectivity index (χ3v) is 6.32. The molecule has 2 fully saturated rings. The number of aryl methyl sites for hydroxylation is 1. The van der Waals surface area contributed by atoms with Crippen molar-refractivity contribution in [2.24, 2.45) is 5.73 Å². The zero-order valence-corrected chi connectivity index (χ0v) is 12.8. The molecule has 1 saturated heterocycles. The molecule has 3 heteroatoms. The summed E-state index contributed by atoms with van der Waals surface area (Å²) in [5, 5.41) is 2.20. The van der Waals surface area contributed by atoms with Crippen molar-refractivity contribution in [3.63, 3.8) is 0 Å². The Hall–Kier alpha value is -0.380.